The van der Waals surface area contributed by atoms with Crippen LogP contribution in [0.25, 0.3) is 0 Å². The molecule has 0 saturated carbocycles. The maximum absolute atomic E-state index is 3.60. The molecule has 2 aromatic carbocycles. The first-order valence-electron chi connectivity index (χ1n) is 6.84. The molecule has 2 rings (SSSR count). The average molecular weight is 397 g/mol. The van der Waals surface area contributed by atoms with E-state index in [1.165, 1.54) is 16.7 Å². The summed E-state index contributed by atoms with van der Waals surface area (Å²) in [5, 5.41) is 3.60. The van der Waals surface area contributed by atoms with Crippen LogP contribution in [0.3, 0.4) is 0 Å². The predicted octanol–water partition coefficient (Wildman–Crippen LogP) is 5.41. The third kappa shape index (κ3) is 4.18. The second kappa shape index (κ2) is 7.39. The molecule has 0 radical (unpaired) electrons. The Balaban J connectivity index is 2.26. The Kier molecular flexibility index (Phi) is 5.82. The van der Waals surface area contributed by atoms with E-state index in [1.54, 1.807) is 0 Å². The molecule has 0 fully saturated rings. The number of likely N-dealkylation sites (N-methyl/N-ethyl adjacent to an activating group) is 1. The van der Waals surface area contributed by atoms with Crippen molar-refractivity contribution in [2.24, 2.45) is 0 Å². The molecule has 0 aliphatic rings. The molecule has 0 heterocycles. The smallest absolute Gasteiger partial charge is 0.0363 e. The number of halogens is 2. The Morgan fingerprint density at radius 1 is 1.00 bits per heavy atom. The lowest BCUT2D eigenvalue weighted by atomic mass is 9.95. The van der Waals surface area contributed by atoms with Gasteiger partial charge in [0.1, 0.15) is 0 Å². The molecule has 0 aliphatic heterocycles. The minimum Gasteiger partial charge on any atom is -0.310 e. The van der Waals surface area contributed by atoms with Crippen LogP contribution in [-0.4, -0.2) is 6.54 Å². The van der Waals surface area contributed by atoms with Crippen LogP contribution >= 0.6 is 31.9 Å². The number of hydrogen-bond acceptors (Lipinski definition) is 1. The van der Waals surface area contributed by atoms with E-state index in [4.69, 9.17) is 0 Å². The number of aryl methyl sites for hydroxylation is 1. The van der Waals surface area contributed by atoms with E-state index >= 15 is 0 Å². The summed E-state index contributed by atoms with van der Waals surface area (Å²) in [6, 6.07) is 15.4. The zero-order valence-corrected chi connectivity index (χ0v) is 15.0. The van der Waals surface area contributed by atoms with E-state index in [0.29, 0.717) is 6.04 Å². The lowest BCUT2D eigenvalue weighted by Crippen LogP contribution is -2.23. The molecule has 3 heteroatoms. The van der Waals surface area contributed by atoms with Crippen LogP contribution in [0.4, 0.5) is 0 Å². The van der Waals surface area contributed by atoms with E-state index < -0.39 is 0 Å². The minimum absolute atomic E-state index is 0.346. The van der Waals surface area contributed by atoms with Gasteiger partial charge in [0.05, 0.1) is 0 Å². The summed E-state index contributed by atoms with van der Waals surface area (Å²) in [4.78, 5) is 0. The van der Waals surface area contributed by atoms with E-state index in [2.05, 4.69) is 93.5 Å². The Morgan fingerprint density at radius 3 is 2.30 bits per heavy atom. The summed E-state index contributed by atoms with van der Waals surface area (Å²) in [6.45, 7) is 5.29. The molecular weight excluding hydrogens is 378 g/mol. The van der Waals surface area contributed by atoms with Gasteiger partial charge in [-0.05, 0) is 60.8 Å². The normalized spacial score (nSPS) is 12.4. The van der Waals surface area contributed by atoms with Gasteiger partial charge in [-0.1, -0.05) is 57.0 Å². The lowest BCUT2D eigenvalue weighted by Gasteiger charge is -2.21. The third-order valence-corrected chi connectivity index (χ3v) is 4.44. The first kappa shape index (κ1) is 15.7. The van der Waals surface area contributed by atoms with Gasteiger partial charge in [0.15, 0.2) is 0 Å². The van der Waals surface area contributed by atoms with E-state index in [0.717, 1.165) is 21.9 Å². The molecule has 0 bridgehead atoms. The quantitative estimate of drug-likeness (QED) is 0.711. The monoisotopic (exact) mass is 395 g/mol. The van der Waals surface area contributed by atoms with Crippen molar-refractivity contribution >= 4 is 31.9 Å². The van der Waals surface area contributed by atoms with Gasteiger partial charge in [-0.25, -0.2) is 0 Å². The van der Waals surface area contributed by atoms with Gasteiger partial charge < -0.3 is 5.32 Å². The van der Waals surface area contributed by atoms with E-state index in [1.807, 2.05) is 0 Å². The largest absolute Gasteiger partial charge is 0.310 e. The third-order valence-electron chi connectivity index (χ3n) is 3.42. The number of rotatable bonds is 5. The highest BCUT2D eigenvalue weighted by Crippen LogP contribution is 2.25. The first-order valence-corrected chi connectivity index (χ1v) is 8.42. The lowest BCUT2D eigenvalue weighted by molar-refractivity contribution is 0.547. The molecule has 1 unspecified atom stereocenters. The van der Waals surface area contributed by atoms with Crippen molar-refractivity contribution in [2.75, 3.05) is 6.54 Å². The van der Waals surface area contributed by atoms with Crippen LogP contribution < -0.4 is 5.32 Å². The Labute approximate surface area is 138 Å². The van der Waals surface area contributed by atoms with Crippen LogP contribution in [0, 0.1) is 6.92 Å². The second-order valence-electron chi connectivity index (χ2n) is 4.94. The van der Waals surface area contributed by atoms with Crippen LogP contribution in [0.2, 0.25) is 0 Å². The van der Waals surface area contributed by atoms with Crippen molar-refractivity contribution in [3.63, 3.8) is 0 Å². The van der Waals surface area contributed by atoms with Gasteiger partial charge >= 0.3 is 0 Å². The van der Waals surface area contributed by atoms with Crippen LogP contribution in [0.15, 0.2) is 51.4 Å². The summed E-state index contributed by atoms with van der Waals surface area (Å²) >= 11 is 7.06. The molecule has 106 valence electrons. The zero-order chi connectivity index (χ0) is 14.5. The Bertz CT molecular complexity index is 564. The van der Waals surface area contributed by atoms with Crippen molar-refractivity contribution in [3.05, 3.63) is 68.1 Å². The predicted molar refractivity (Wildman–Crippen MR) is 93.1 cm³/mol. The van der Waals surface area contributed by atoms with Gasteiger partial charge in [0.25, 0.3) is 0 Å². The number of hydrogen-bond donors (Lipinski definition) is 1. The van der Waals surface area contributed by atoms with Crippen LogP contribution in [-0.2, 0) is 6.42 Å². The number of nitrogens with one attached hydrogen (secondary N) is 1. The summed E-state index contributed by atoms with van der Waals surface area (Å²) in [7, 11) is 0. The van der Waals surface area contributed by atoms with Gasteiger partial charge in [-0.3, -0.25) is 0 Å². The Morgan fingerprint density at radius 2 is 1.65 bits per heavy atom. The SMILES string of the molecule is CCNC(Cc1ccc(Br)cc1)c1cc(Br)ccc1C. The maximum Gasteiger partial charge on any atom is 0.0363 e. The van der Waals surface area contributed by atoms with Gasteiger partial charge in [0, 0.05) is 15.0 Å². The molecule has 0 spiro atoms. The van der Waals surface area contributed by atoms with Crippen molar-refractivity contribution in [3.8, 4) is 0 Å². The van der Waals surface area contributed by atoms with E-state index in [9.17, 15) is 0 Å². The fourth-order valence-electron chi connectivity index (χ4n) is 2.38. The van der Waals surface area contributed by atoms with Gasteiger partial charge in [0.2, 0.25) is 0 Å². The molecule has 0 amide bonds. The molecular formula is C17H19Br2N. The maximum atomic E-state index is 3.60. The standard InChI is InChI=1S/C17H19Br2N/c1-3-20-17(10-13-5-8-14(18)9-6-13)16-11-15(19)7-4-12(16)2/h4-9,11,17,20H,3,10H2,1-2H3. The molecule has 1 nitrogen and oxygen atoms in total. The average Bonchev–Trinajstić information content (AvgIpc) is 2.43. The fourth-order valence-corrected chi connectivity index (χ4v) is 3.02. The first-order chi connectivity index (χ1) is 9.60. The summed E-state index contributed by atoms with van der Waals surface area (Å²) in [5.41, 5.74) is 4.04. The summed E-state index contributed by atoms with van der Waals surface area (Å²) in [6.07, 6.45) is 0.998. The van der Waals surface area contributed by atoms with Crippen LogP contribution in [0.1, 0.15) is 29.7 Å². The van der Waals surface area contributed by atoms with Gasteiger partial charge in [-0.15, -0.1) is 0 Å². The van der Waals surface area contributed by atoms with Crippen molar-refractivity contribution in [1.82, 2.24) is 5.32 Å². The van der Waals surface area contributed by atoms with Crippen molar-refractivity contribution in [1.29, 1.82) is 0 Å². The topological polar surface area (TPSA) is 12.0 Å². The molecule has 1 atom stereocenters. The molecule has 2 aromatic rings. The second-order valence-corrected chi connectivity index (χ2v) is 6.77. The van der Waals surface area contributed by atoms with Crippen molar-refractivity contribution in [2.45, 2.75) is 26.3 Å². The molecule has 0 saturated heterocycles. The molecule has 0 aliphatic carbocycles. The number of benzene rings is 2. The highest BCUT2D eigenvalue weighted by molar-refractivity contribution is 9.10. The van der Waals surface area contributed by atoms with Gasteiger partial charge in [-0.2, -0.15) is 0 Å². The van der Waals surface area contributed by atoms with E-state index in [-0.39, 0.29) is 0 Å². The summed E-state index contributed by atoms with van der Waals surface area (Å²) < 4.78 is 2.26. The summed E-state index contributed by atoms with van der Waals surface area (Å²) in [5.74, 6) is 0. The highest BCUT2D eigenvalue weighted by Gasteiger charge is 2.14. The van der Waals surface area contributed by atoms with Crippen molar-refractivity contribution < 1.29 is 0 Å². The zero-order valence-electron chi connectivity index (χ0n) is 11.8. The molecule has 1 N–H and O–H groups in total. The molecule has 20 heavy (non-hydrogen) atoms. The highest BCUT2D eigenvalue weighted by atomic mass is 79.9. The minimum atomic E-state index is 0.346. The fraction of sp³-hybridized carbons (Fsp3) is 0.294. The molecule has 0 aromatic heterocycles. The Hall–Kier alpha value is -0.640. The van der Waals surface area contributed by atoms with Crippen LogP contribution in [0.5, 0.6) is 0 Å².